The molecule has 0 aromatic heterocycles. The average molecular weight is 364 g/mol. The van der Waals surface area contributed by atoms with Crippen LogP contribution in [0.15, 0.2) is 21.1 Å². The van der Waals surface area contributed by atoms with Crippen molar-refractivity contribution in [2.24, 2.45) is 0 Å². The number of hydrogen-bond acceptors (Lipinski definition) is 1. The largest absolute Gasteiger partial charge is 0.486 e. The molecule has 0 saturated carbocycles. The van der Waals surface area contributed by atoms with Crippen LogP contribution in [0.3, 0.4) is 0 Å². The molecule has 1 rings (SSSR count). The Labute approximate surface area is 121 Å². The number of halogens is 2. The minimum atomic E-state index is -0.192. The van der Waals surface area contributed by atoms with Gasteiger partial charge in [0.25, 0.3) is 0 Å². The van der Waals surface area contributed by atoms with Crippen LogP contribution in [-0.2, 0) is 0 Å². The van der Waals surface area contributed by atoms with Gasteiger partial charge in [-0.2, -0.15) is 0 Å². The van der Waals surface area contributed by atoms with E-state index in [1.807, 2.05) is 0 Å². The molecule has 0 aliphatic rings. The molecule has 0 aliphatic heterocycles. The molecule has 1 nitrogen and oxygen atoms in total. The van der Waals surface area contributed by atoms with E-state index >= 15 is 0 Å². The third-order valence-corrected chi connectivity index (χ3v) is 3.79. The summed E-state index contributed by atoms with van der Waals surface area (Å²) >= 11 is 7.19. The fourth-order valence-electron chi connectivity index (χ4n) is 1.50. The van der Waals surface area contributed by atoms with Gasteiger partial charge >= 0.3 is 0 Å². The standard InChI is InChI=1S/C14H20Br2O/c1-6-9(2)10-7-11(15)13(12(16)8-10)17-14(3,4)5/h7-9H,6H2,1-5H3. The maximum absolute atomic E-state index is 5.94. The van der Waals surface area contributed by atoms with Gasteiger partial charge in [0.1, 0.15) is 11.4 Å². The molecular weight excluding hydrogens is 344 g/mol. The van der Waals surface area contributed by atoms with E-state index in [-0.39, 0.29) is 5.60 Å². The lowest BCUT2D eigenvalue weighted by atomic mass is 9.99. The number of ether oxygens (including phenoxy) is 1. The van der Waals surface area contributed by atoms with E-state index < -0.39 is 0 Å². The maximum atomic E-state index is 5.94. The van der Waals surface area contributed by atoms with Crippen LogP contribution >= 0.6 is 31.9 Å². The molecule has 17 heavy (non-hydrogen) atoms. The van der Waals surface area contributed by atoms with E-state index in [9.17, 15) is 0 Å². The van der Waals surface area contributed by atoms with E-state index in [0.717, 1.165) is 21.1 Å². The Kier molecular flexibility index (Phi) is 5.08. The van der Waals surface area contributed by atoms with Gasteiger partial charge in [0.2, 0.25) is 0 Å². The summed E-state index contributed by atoms with van der Waals surface area (Å²) in [7, 11) is 0. The van der Waals surface area contributed by atoms with Gasteiger partial charge in [0.05, 0.1) is 8.95 Å². The average Bonchev–Trinajstić information content (AvgIpc) is 2.20. The summed E-state index contributed by atoms with van der Waals surface area (Å²) in [6, 6.07) is 4.31. The Balaban J connectivity index is 3.11. The van der Waals surface area contributed by atoms with Gasteiger partial charge in [-0.1, -0.05) is 13.8 Å². The molecule has 0 N–H and O–H groups in total. The minimum Gasteiger partial charge on any atom is -0.486 e. The number of benzene rings is 1. The van der Waals surface area contributed by atoms with Gasteiger partial charge in [-0.25, -0.2) is 0 Å². The highest BCUT2D eigenvalue weighted by Crippen LogP contribution is 2.38. The Morgan fingerprint density at radius 3 is 2.00 bits per heavy atom. The predicted molar refractivity (Wildman–Crippen MR) is 80.9 cm³/mol. The van der Waals surface area contributed by atoms with Crippen molar-refractivity contribution >= 4 is 31.9 Å². The highest BCUT2D eigenvalue weighted by molar-refractivity contribution is 9.11. The van der Waals surface area contributed by atoms with Crippen LogP contribution in [0.5, 0.6) is 5.75 Å². The zero-order valence-electron chi connectivity index (χ0n) is 11.1. The third-order valence-electron chi connectivity index (χ3n) is 2.61. The molecule has 0 spiro atoms. The van der Waals surface area contributed by atoms with Crippen molar-refractivity contribution in [3.8, 4) is 5.75 Å². The van der Waals surface area contributed by atoms with E-state index in [2.05, 4.69) is 78.6 Å². The topological polar surface area (TPSA) is 9.23 Å². The second-order valence-corrected chi connectivity index (χ2v) is 7.05. The highest BCUT2D eigenvalue weighted by atomic mass is 79.9. The second kappa shape index (κ2) is 5.75. The van der Waals surface area contributed by atoms with Crippen LogP contribution in [0.25, 0.3) is 0 Å². The molecule has 0 fully saturated rings. The van der Waals surface area contributed by atoms with Crippen LogP contribution in [0.2, 0.25) is 0 Å². The first-order valence-corrected chi connectivity index (χ1v) is 7.51. The SMILES string of the molecule is CCC(C)c1cc(Br)c(OC(C)(C)C)c(Br)c1. The molecule has 0 aliphatic carbocycles. The second-order valence-electron chi connectivity index (χ2n) is 5.34. The van der Waals surface area contributed by atoms with Gasteiger partial charge in [-0.15, -0.1) is 0 Å². The fraction of sp³-hybridized carbons (Fsp3) is 0.571. The highest BCUT2D eigenvalue weighted by Gasteiger charge is 2.18. The molecule has 96 valence electrons. The van der Waals surface area contributed by atoms with Gasteiger partial charge in [0, 0.05) is 0 Å². The van der Waals surface area contributed by atoms with E-state index in [1.165, 1.54) is 5.56 Å². The van der Waals surface area contributed by atoms with Crippen molar-refractivity contribution in [3.05, 3.63) is 26.6 Å². The number of hydrogen-bond donors (Lipinski definition) is 0. The molecule has 0 bridgehead atoms. The van der Waals surface area contributed by atoms with Crippen molar-refractivity contribution in [1.82, 2.24) is 0 Å². The third kappa shape index (κ3) is 4.29. The van der Waals surface area contributed by atoms with Crippen molar-refractivity contribution < 1.29 is 4.74 Å². The van der Waals surface area contributed by atoms with E-state index in [4.69, 9.17) is 4.74 Å². The Morgan fingerprint density at radius 2 is 1.65 bits per heavy atom. The normalized spacial score (nSPS) is 13.6. The summed E-state index contributed by atoms with van der Waals surface area (Å²) in [6.07, 6.45) is 1.14. The van der Waals surface area contributed by atoms with E-state index in [1.54, 1.807) is 0 Å². The Hall–Kier alpha value is -0.0200. The first-order chi connectivity index (χ1) is 7.74. The van der Waals surface area contributed by atoms with Crippen LogP contribution in [0.4, 0.5) is 0 Å². The first-order valence-electron chi connectivity index (χ1n) is 5.92. The summed E-state index contributed by atoms with van der Waals surface area (Å²) in [5, 5.41) is 0. The predicted octanol–water partition coefficient (Wildman–Crippen LogP) is 5.90. The zero-order valence-corrected chi connectivity index (χ0v) is 14.3. The van der Waals surface area contributed by atoms with Crippen LogP contribution in [0.1, 0.15) is 52.5 Å². The summed E-state index contributed by atoms with van der Waals surface area (Å²) in [5.41, 5.74) is 1.13. The monoisotopic (exact) mass is 362 g/mol. The van der Waals surface area contributed by atoms with Gasteiger partial charge in [0.15, 0.2) is 0 Å². The summed E-state index contributed by atoms with van der Waals surface area (Å²) in [6.45, 7) is 10.6. The lowest BCUT2D eigenvalue weighted by Gasteiger charge is -2.24. The van der Waals surface area contributed by atoms with E-state index in [0.29, 0.717) is 5.92 Å². The summed E-state index contributed by atoms with van der Waals surface area (Å²) in [4.78, 5) is 0. The smallest absolute Gasteiger partial charge is 0.148 e. The summed E-state index contributed by atoms with van der Waals surface area (Å²) < 4.78 is 7.96. The van der Waals surface area contributed by atoms with Crippen molar-refractivity contribution in [2.45, 2.75) is 52.6 Å². The molecule has 0 heterocycles. The quantitative estimate of drug-likeness (QED) is 0.649. The maximum Gasteiger partial charge on any atom is 0.148 e. The molecule has 0 amide bonds. The van der Waals surface area contributed by atoms with Gasteiger partial charge in [-0.05, 0) is 82.7 Å². The van der Waals surface area contributed by atoms with Crippen molar-refractivity contribution in [1.29, 1.82) is 0 Å². The molecule has 1 aromatic rings. The molecule has 1 atom stereocenters. The Morgan fingerprint density at radius 1 is 1.18 bits per heavy atom. The fourth-order valence-corrected chi connectivity index (χ4v) is 2.89. The zero-order chi connectivity index (χ0) is 13.2. The van der Waals surface area contributed by atoms with Crippen molar-refractivity contribution in [3.63, 3.8) is 0 Å². The summed E-state index contributed by atoms with van der Waals surface area (Å²) in [5.74, 6) is 1.44. The minimum absolute atomic E-state index is 0.192. The molecule has 1 unspecified atom stereocenters. The van der Waals surface area contributed by atoms with Crippen LogP contribution < -0.4 is 4.74 Å². The van der Waals surface area contributed by atoms with Crippen LogP contribution in [-0.4, -0.2) is 5.60 Å². The first kappa shape index (κ1) is 15.0. The van der Waals surface area contributed by atoms with Gasteiger partial charge in [-0.3, -0.25) is 0 Å². The van der Waals surface area contributed by atoms with Crippen molar-refractivity contribution in [2.75, 3.05) is 0 Å². The Bertz CT molecular complexity index is 371. The molecular formula is C14H20Br2O. The molecule has 0 radical (unpaired) electrons. The molecule has 0 saturated heterocycles. The molecule has 1 aromatic carbocycles. The van der Waals surface area contributed by atoms with Gasteiger partial charge < -0.3 is 4.74 Å². The lowest BCUT2D eigenvalue weighted by Crippen LogP contribution is -2.23. The van der Waals surface area contributed by atoms with Crippen LogP contribution in [0, 0.1) is 0 Å². The molecule has 3 heteroatoms. The number of rotatable bonds is 3. The lowest BCUT2D eigenvalue weighted by molar-refractivity contribution is 0.128.